The normalized spacial score (nSPS) is 13.6. The number of pyridine rings is 1. The summed E-state index contributed by atoms with van der Waals surface area (Å²) in [6, 6.07) is 11.4. The molecule has 1 aliphatic rings. The first kappa shape index (κ1) is 17.9. The predicted octanol–water partition coefficient (Wildman–Crippen LogP) is 4.02. The van der Waals surface area contributed by atoms with E-state index >= 15 is 0 Å². The second-order valence-corrected chi connectivity index (χ2v) is 8.93. The molecule has 0 spiro atoms. The number of nitrogens with one attached hydrogen (secondary N) is 2. The van der Waals surface area contributed by atoms with Crippen molar-refractivity contribution in [3.8, 4) is 0 Å². The van der Waals surface area contributed by atoms with Crippen LogP contribution in [0.15, 0.2) is 41.3 Å². The standard InChI is InChI=1S/C19H19N5OS2/c1-24(2)15-10-9-14-18(22-15)27-19(21-14)23-17(25)16(20)11-3-5-12(6-4-11)26-13-7-8-13/h3-6,9-10,13,20H,7-8H2,1-2H3,(H,21,23,25). The van der Waals surface area contributed by atoms with E-state index < -0.39 is 5.91 Å². The lowest BCUT2D eigenvalue weighted by Crippen LogP contribution is -2.22. The average molecular weight is 398 g/mol. The van der Waals surface area contributed by atoms with E-state index in [1.54, 1.807) is 0 Å². The minimum absolute atomic E-state index is 0.0702. The number of carbonyl (C=O) groups is 1. The van der Waals surface area contributed by atoms with Crippen molar-refractivity contribution in [2.45, 2.75) is 23.0 Å². The molecule has 1 aromatic carbocycles. The Balaban J connectivity index is 1.46. The molecule has 1 aliphatic carbocycles. The maximum Gasteiger partial charge on any atom is 0.275 e. The Morgan fingerprint density at radius 3 is 2.59 bits per heavy atom. The van der Waals surface area contributed by atoms with Crippen LogP contribution < -0.4 is 10.2 Å². The third kappa shape index (κ3) is 4.12. The van der Waals surface area contributed by atoms with Gasteiger partial charge in [-0.2, -0.15) is 0 Å². The molecule has 2 aromatic heterocycles. The molecular formula is C19H19N5OS2. The summed E-state index contributed by atoms with van der Waals surface area (Å²) in [4.78, 5) is 25.2. The number of aromatic nitrogens is 2. The summed E-state index contributed by atoms with van der Waals surface area (Å²) in [5, 5.41) is 12.1. The van der Waals surface area contributed by atoms with E-state index in [2.05, 4.69) is 15.3 Å². The lowest BCUT2D eigenvalue weighted by Gasteiger charge is -2.09. The molecule has 1 amide bonds. The Morgan fingerprint density at radius 2 is 1.93 bits per heavy atom. The Morgan fingerprint density at radius 1 is 1.19 bits per heavy atom. The van der Waals surface area contributed by atoms with Crippen molar-refractivity contribution in [3.05, 3.63) is 42.0 Å². The van der Waals surface area contributed by atoms with Gasteiger partial charge in [0.2, 0.25) is 0 Å². The molecule has 6 nitrogen and oxygen atoms in total. The van der Waals surface area contributed by atoms with Crippen molar-refractivity contribution in [2.75, 3.05) is 24.3 Å². The van der Waals surface area contributed by atoms with E-state index in [-0.39, 0.29) is 5.71 Å². The smallest absolute Gasteiger partial charge is 0.275 e. The summed E-state index contributed by atoms with van der Waals surface area (Å²) in [7, 11) is 3.85. The summed E-state index contributed by atoms with van der Waals surface area (Å²) in [6.45, 7) is 0. The van der Waals surface area contributed by atoms with Crippen molar-refractivity contribution in [3.63, 3.8) is 0 Å². The zero-order valence-electron chi connectivity index (χ0n) is 15.0. The van der Waals surface area contributed by atoms with E-state index in [9.17, 15) is 4.79 Å². The molecule has 0 atom stereocenters. The topological polar surface area (TPSA) is 82.0 Å². The maximum atomic E-state index is 12.4. The highest BCUT2D eigenvalue weighted by Crippen LogP contribution is 2.39. The summed E-state index contributed by atoms with van der Waals surface area (Å²) in [5.74, 6) is 0.366. The molecule has 0 bridgehead atoms. The van der Waals surface area contributed by atoms with Crippen LogP contribution in [0.25, 0.3) is 10.3 Å². The lowest BCUT2D eigenvalue weighted by molar-refractivity contribution is -0.110. The Labute approximate surface area is 165 Å². The number of fused-ring (bicyclic) bond motifs is 1. The second-order valence-electron chi connectivity index (χ2n) is 6.58. The lowest BCUT2D eigenvalue weighted by atomic mass is 10.1. The number of anilines is 2. The Hall–Kier alpha value is -2.45. The van der Waals surface area contributed by atoms with Gasteiger partial charge in [-0.25, -0.2) is 9.97 Å². The van der Waals surface area contributed by atoms with Gasteiger partial charge < -0.3 is 4.90 Å². The van der Waals surface area contributed by atoms with E-state index in [4.69, 9.17) is 5.41 Å². The van der Waals surface area contributed by atoms with Gasteiger partial charge in [0.25, 0.3) is 5.91 Å². The van der Waals surface area contributed by atoms with Crippen molar-refractivity contribution in [2.24, 2.45) is 0 Å². The molecule has 2 N–H and O–H groups in total. The average Bonchev–Trinajstić information content (AvgIpc) is 3.38. The number of amides is 1. The van der Waals surface area contributed by atoms with Crippen LogP contribution in [0.5, 0.6) is 0 Å². The number of carbonyl (C=O) groups excluding carboxylic acids is 1. The Kier molecular flexibility index (Phi) is 4.84. The number of rotatable bonds is 6. The first-order valence-electron chi connectivity index (χ1n) is 8.61. The Bertz CT molecular complexity index is 1010. The van der Waals surface area contributed by atoms with Gasteiger partial charge in [-0.15, -0.1) is 11.8 Å². The number of thioether (sulfide) groups is 1. The van der Waals surface area contributed by atoms with Crippen molar-refractivity contribution < 1.29 is 4.79 Å². The van der Waals surface area contributed by atoms with Gasteiger partial charge in [0.15, 0.2) is 5.13 Å². The van der Waals surface area contributed by atoms with Crippen LogP contribution in [0.4, 0.5) is 10.9 Å². The van der Waals surface area contributed by atoms with Crippen molar-refractivity contribution >= 4 is 56.0 Å². The molecule has 0 radical (unpaired) electrons. The van der Waals surface area contributed by atoms with E-state index in [0.29, 0.717) is 10.7 Å². The van der Waals surface area contributed by atoms with Gasteiger partial charge in [0.1, 0.15) is 21.9 Å². The molecule has 2 heterocycles. The highest BCUT2D eigenvalue weighted by atomic mass is 32.2. The summed E-state index contributed by atoms with van der Waals surface area (Å²) in [5.41, 5.74) is 1.26. The number of hydrogen-bond donors (Lipinski definition) is 2. The van der Waals surface area contributed by atoms with Gasteiger partial charge >= 0.3 is 0 Å². The largest absolute Gasteiger partial charge is 0.363 e. The number of nitrogens with zero attached hydrogens (tertiary/aromatic N) is 3. The molecule has 8 heteroatoms. The van der Waals surface area contributed by atoms with Crippen LogP contribution in [0, 0.1) is 5.41 Å². The summed E-state index contributed by atoms with van der Waals surface area (Å²) >= 11 is 3.16. The maximum absolute atomic E-state index is 12.4. The third-order valence-electron chi connectivity index (χ3n) is 4.12. The summed E-state index contributed by atoms with van der Waals surface area (Å²) in [6.07, 6.45) is 2.55. The fourth-order valence-electron chi connectivity index (χ4n) is 2.48. The highest BCUT2D eigenvalue weighted by molar-refractivity contribution is 8.00. The van der Waals surface area contributed by atoms with Gasteiger partial charge in [-0.3, -0.25) is 15.5 Å². The van der Waals surface area contributed by atoms with Crippen molar-refractivity contribution in [1.29, 1.82) is 5.41 Å². The van der Waals surface area contributed by atoms with Crippen LogP contribution in [0.1, 0.15) is 18.4 Å². The molecule has 1 fully saturated rings. The molecule has 4 rings (SSSR count). The monoisotopic (exact) mass is 397 g/mol. The highest BCUT2D eigenvalue weighted by Gasteiger charge is 2.22. The van der Waals surface area contributed by atoms with Gasteiger partial charge in [-0.05, 0) is 37.1 Å². The molecule has 0 unspecified atom stereocenters. The van der Waals surface area contributed by atoms with E-state index in [1.807, 2.05) is 67.2 Å². The third-order valence-corrected chi connectivity index (χ3v) is 6.35. The molecule has 0 saturated heterocycles. The van der Waals surface area contributed by atoms with E-state index in [1.165, 1.54) is 29.1 Å². The second kappa shape index (κ2) is 7.28. The SMILES string of the molecule is CN(C)c1ccc2nc(NC(=O)C(=N)c3ccc(SC4CC4)cc3)sc2n1. The fourth-order valence-corrected chi connectivity index (χ4v) is 4.36. The predicted molar refractivity (Wildman–Crippen MR) is 113 cm³/mol. The number of thiazole rings is 1. The fraction of sp³-hybridized carbons (Fsp3) is 0.263. The summed E-state index contributed by atoms with van der Waals surface area (Å²) < 4.78 is 0. The van der Waals surface area contributed by atoms with Crippen LogP contribution in [-0.2, 0) is 4.79 Å². The first-order valence-corrected chi connectivity index (χ1v) is 10.3. The molecule has 0 aliphatic heterocycles. The quantitative estimate of drug-likeness (QED) is 0.614. The molecule has 1 saturated carbocycles. The molecule has 138 valence electrons. The number of hydrogen-bond acceptors (Lipinski definition) is 7. The minimum atomic E-state index is -0.468. The molecular weight excluding hydrogens is 378 g/mol. The molecule has 27 heavy (non-hydrogen) atoms. The van der Waals surface area contributed by atoms with Crippen molar-refractivity contribution in [1.82, 2.24) is 9.97 Å². The minimum Gasteiger partial charge on any atom is -0.363 e. The zero-order chi connectivity index (χ0) is 19.0. The van der Waals surface area contributed by atoms with Crippen LogP contribution in [0.2, 0.25) is 0 Å². The molecule has 3 aromatic rings. The zero-order valence-corrected chi connectivity index (χ0v) is 16.7. The number of benzene rings is 1. The van der Waals surface area contributed by atoms with Gasteiger partial charge in [0.05, 0.1) is 0 Å². The first-order chi connectivity index (χ1) is 13.0. The van der Waals surface area contributed by atoms with Gasteiger partial charge in [-0.1, -0.05) is 23.5 Å². The van der Waals surface area contributed by atoms with Crippen LogP contribution >= 0.6 is 23.1 Å². The van der Waals surface area contributed by atoms with Gasteiger partial charge in [0, 0.05) is 29.8 Å². The van der Waals surface area contributed by atoms with Crippen LogP contribution in [0.3, 0.4) is 0 Å². The van der Waals surface area contributed by atoms with Crippen LogP contribution in [-0.4, -0.2) is 40.9 Å². The van der Waals surface area contributed by atoms with E-state index in [0.717, 1.165) is 21.4 Å².